The van der Waals surface area contributed by atoms with Gasteiger partial charge in [0.1, 0.15) is 0 Å². The van der Waals surface area contributed by atoms with Crippen molar-refractivity contribution in [1.29, 1.82) is 0 Å². The van der Waals surface area contributed by atoms with E-state index in [1.54, 1.807) is 0 Å². The first kappa shape index (κ1) is 36.0. The van der Waals surface area contributed by atoms with E-state index in [2.05, 4.69) is 0 Å². The Labute approximate surface area is 149 Å². The van der Waals surface area contributed by atoms with Crippen LogP contribution in [0.5, 0.6) is 0 Å². The molecule has 0 fully saturated rings. The van der Waals surface area contributed by atoms with Gasteiger partial charge in [-0.1, -0.05) is 0 Å². The van der Waals surface area contributed by atoms with E-state index in [1.165, 1.54) is 0 Å². The average Bonchev–Trinajstić information content (AvgIpc) is 1.12. The molecular weight excluding hydrogens is 355 g/mol. The van der Waals surface area contributed by atoms with Gasteiger partial charge in [-0.05, 0) is 0 Å². The van der Waals surface area contributed by atoms with Gasteiger partial charge in [0, 0.05) is 0 Å². The maximum atomic E-state index is 8.55. The van der Waals surface area contributed by atoms with Gasteiger partial charge >= 0.3 is 97.4 Å². The summed E-state index contributed by atoms with van der Waals surface area (Å²) in [5.41, 5.74) is 0. The van der Waals surface area contributed by atoms with Gasteiger partial charge < -0.3 is 38.5 Å². The van der Waals surface area contributed by atoms with Crippen LogP contribution in [-0.4, -0.2) is 0 Å². The van der Waals surface area contributed by atoms with Crippen LogP contribution in [0, 0.1) is 40.8 Å². The Balaban J connectivity index is -0.0000000178. The molecule has 0 bridgehead atoms. The number of phosphoric acid groups is 2. The predicted octanol–water partition coefficient (Wildman–Crippen LogP) is -14.6. The van der Waals surface area contributed by atoms with E-state index >= 15 is 0 Å². The molecular formula is Li3NdO8P2. The Bertz CT molecular complexity index is 135. The van der Waals surface area contributed by atoms with Crippen LogP contribution in [0.2, 0.25) is 0 Å². The minimum absolute atomic E-state index is 0. The first-order valence-corrected chi connectivity index (χ1v) is 4.38. The van der Waals surface area contributed by atoms with Gasteiger partial charge in [0.05, 0.1) is 0 Å². The van der Waals surface area contributed by atoms with Gasteiger partial charge in [-0.3, -0.25) is 0 Å². The molecule has 0 aromatic heterocycles. The van der Waals surface area contributed by atoms with Crippen LogP contribution in [0.15, 0.2) is 0 Å². The Morgan fingerprint density at radius 2 is 0.571 bits per heavy atom. The summed E-state index contributed by atoms with van der Waals surface area (Å²) in [4.78, 5) is 51.3. The normalized spacial score (nSPS) is 8.43. The molecule has 0 rings (SSSR count). The van der Waals surface area contributed by atoms with Crippen molar-refractivity contribution < 1.29 is 136 Å². The molecule has 0 aromatic carbocycles. The fraction of sp³-hybridized carbons (Fsp3) is 0. The molecule has 0 unspecified atom stereocenters. The SMILES string of the molecule is O=P([O-])([O-])[O-].O=P([O-])([O-])[O-].[Li+].[Li+].[Li+].[Nd+3]. The van der Waals surface area contributed by atoms with Crippen molar-refractivity contribution in [2.24, 2.45) is 0 Å². The number of hydrogen-bond acceptors (Lipinski definition) is 8. The molecule has 0 aliphatic rings. The van der Waals surface area contributed by atoms with E-state index in [1.807, 2.05) is 0 Å². The van der Waals surface area contributed by atoms with Crippen molar-refractivity contribution >= 4 is 15.6 Å². The Morgan fingerprint density at radius 3 is 0.571 bits per heavy atom. The molecule has 0 saturated carbocycles. The Morgan fingerprint density at radius 1 is 0.571 bits per heavy atom. The smallest absolute Gasteiger partial charge is 0.822 e. The van der Waals surface area contributed by atoms with Crippen molar-refractivity contribution in [3.63, 3.8) is 0 Å². The van der Waals surface area contributed by atoms with Gasteiger partial charge in [0.15, 0.2) is 0 Å². The molecule has 0 aliphatic heterocycles. The first-order valence-electron chi connectivity index (χ1n) is 1.46. The summed E-state index contributed by atoms with van der Waals surface area (Å²) < 4.78 is 17.1. The van der Waals surface area contributed by atoms with Crippen LogP contribution in [-0.2, 0) is 9.13 Å². The van der Waals surface area contributed by atoms with Gasteiger partial charge in [-0.25, -0.2) is 0 Å². The Hall–Kier alpha value is 3.36. The average molecular weight is 355 g/mol. The summed E-state index contributed by atoms with van der Waals surface area (Å²) in [7, 11) is -10.8. The molecule has 0 N–H and O–H groups in total. The molecule has 0 aromatic rings. The van der Waals surface area contributed by atoms with Crippen molar-refractivity contribution in [2.45, 2.75) is 0 Å². The minimum atomic E-state index is -5.39. The van der Waals surface area contributed by atoms with E-state index in [4.69, 9.17) is 38.5 Å². The Kier molecular flexibility index (Phi) is 42.1. The summed E-state index contributed by atoms with van der Waals surface area (Å²) in [6.45, 7) is 0. The van der Waals surface area contributed by atoms with Crippen LogP contribution >= 0.6 is 15.6 Å². The van der Waals surface area contributed by atoms with Crippen LogP contribution < -0.4 is 85.9 Å². The summed E-state index contributed by atoms with van der Waals surface area (Å²) in [6.07, 6.45) is 0. The topological polar surface area (TPSA) is 172 Å². The fourth-order valence-electron chi connectivity index (χ4n) is 0. The molecule has 0 spiro atoms. The zero-order valence-electron chi connectivity index (χ0n) is 7.66. The molecule has 14 heteroatoms. The fourth-order valence-corrected chi connectivity index (χ4v) is 0. The van der Waals surface area contributed by atoms with Crippen LogP contribution in [0.4, 0.5) is 0 Å². The van der Waals surface area contributed by atoms with E-state index in [0.717, 1.165) is 0 Å². The molecule has 0 aliphatic carbocycles. The summed E-state index contributed by atoms with van der Waals surface area (Å²) in [6, 6.07) is 0. The maximum absolute atomic E-state index is 8.55. The third-order valence-corrected chi connectivity index (χ3v) is 0. The van der Waals surface area contributed by atoms with Crippen molar-refractivity contribution in [3.05, 3.63) is 0 Å². The zero-order chi connectivity index (χ0) is 9.00. The van der Waals surface area contributed by atoms with E-state index in [0.29, 0.717) is 0 Å². The van der Waals surface area contributed by atoms with Crippen molar-refractivity contribution in [3.8, 4) is 0 Å². The largest absolute Gasteiger partial charge is 3.00 e. The first-order chi connectivity index (χ1) is 4.00. The van der Waals surface area contributed by atoms with E-state index in [-0.39, 0.29) is 97.4 Å². The number of hydrogen-bond donors (Lipinski definition) is 0. The zero-order valence-corrected chi connectivity index (χ0v) is 12.7. The van der Waals surface area contributed by atoms with Crippen molar-refractivity contribution in [1.82, 2.24) is 0 Å². The summed E-state index contributed by atoms with van der Waals surface area (Å²) >= 11 is 0. The van der Waals surface area contributed by atoms with Gasteiger partial charge in [0.25, 0.3) is 0 Å². The van der Waals surface area contributed by atoms with Crippen molar-refractivity contribution in [2.75, 3.05) is 0 Å². The molecule has 0 saturated heterocycles. The van der Waals surface area contributed by atoms with Gasteiger partial charge in [0.2, 0.25) is 0 Å². The second kappa shape index (κ2) is 16.4. The van der Waals surface area contributed by atoms with E-state index in [9.17, 15) is 0 Å². The summed E-state index contributed by atoms with van der Waals surface area (Å²) in [5.74, 6) is 0. The molecule has 0 amide bonds. The third-order valence-electron chi connectivity index (χ3n) is 0. The number of rotatable bonds is 0. The monoisotopic (exact) mass is 353 g/mol. The molecule has 8 nitrogen and oxygen atoms in total. The van der Waals surface area contributed by atoms with Crippen LogP contribution in [0.1, 0.15) is 0 Å². The van der Waals surface area contributed by atoms with Crippen LogP contribution in [0.25, 0.3) is 0 Å². The standard InChI is InChI=1S/3Li.Nd.2H3O4P/c;;;;2*1-5(2,3)4/h;;;;2*(H3,1,2,3,4)/q3*+1;+3;;/p-6. The van der Waals surface area contributed by atoms with Gasteiger partial charge in [-0.15, -0.1) is 0 Å². The molecule has 14 heavy (non-hydrogen) atoms. The molecule has 65 valence electrons. The van der Waals surface area contributed by atoms with E-state index < -0.39 is 15.6 Å². The minimum Gasteiger partial charge on any atom is -0.822 e. The molecule has 0 heterocycles. The quantitative estimate of drug-likeness (QED) is 0.304. The van der Waals surface area contributed by atoms with Crippen LogP contribution in [0.3, 0.4) is 0 Å². The second-order valence-corrected chi connectivity index (χ2v) is 2.68. The third kappa shape index (κ3) is 280. The molecule has 1 radical (unpaired) electrons. The summed E-state index contributed by atoms with van der Waals surface area (Å²) in [5, 5.41) is 0. The predicted molar refractivity (Wildman–Crippen MR) is 15.2 cm³/mol. The van der Waals surface area contributed by atoms with Gasteiger partial charge in [-0.2, -0.15) is 15.6 Å². The second-order valence-electron chi connectivity index (χ2n) is 0.894. The maximum Gasteiger partial charge on any atom is 3.00 e. The molecule has 0 atom stereocenters.